The molecule has 36 heavy (non-hydrogen) atoms. The molecule has 7 heteroatoms. The number of ether oxygens (including phenoxy) is 1. The molecule has 4 aromatic carbocycles. The van der Waals surface area contributed by atoms with Crippen molar-refractivity contribution in [2.24, 2.45) is 5.73 Å². The number of hydrogen-bond donors (Lipinski definition) is 1. The van der Waals surface area contributed by atoms with Gasteiger partial charge in [-0.15, -0.1) is 0 Å². The lowest BCUT2D eigenvalue weighted by Crippen LogP contribution is -2.36. The summed E-state index contributed by atoms with van der Waals surface area (Å²) in [5, 5.41) is 0. The van der Waals surface area contributed by atoms with Crippen molar-refractivity contribution in [3.05, 3.63) is 132 Å². The monoisotopic (exact) mass is 501 g/mol. The summed E-state index contributed by atoms with van der Waals surface area (Å²) in [6.45, 7) is 0.130. The highest BCUT2D eigenvalue weighted by Gasteiger charge is 2.29. The van der Waals surface area contributed by atoms with Crippen LogP contribution in [0.25, 0.3) is 0 Å². The van der Waals surface area contributed by atoms with Crippen molar-refractivity contribution in [2.75, 3.05) is 0 Å². The first-order valence-electron chi connectivity index (χ1n) is 11.5. The van der Waals surface area contributed by atoms with E-state index in [9.17, 15) is 13.2 Å². The van der Waals surface area contributed by atoms with Gasteiger partial charge in [-0.25, -0.2) is 0 Å². The largest absolute Gasteiger partial charge is 0.460 e. The first kappa shape index (κ1) is 25.2. The third-order valence-electron chi connectivity index (χ3n) is 5.70. The second kappa shape index (κ2) is 11.7. The molecule has 0 saturated heterocycles. The molecular weight excluding hydrogens is 474 g/mol. The molecule has 0 aliphatic heterocycles. The highest BCUT2D eigenvalue weighted by molar-refractivity contribution is 7.87. The van der Waals surface area contributed by atoms with Crippen molar-refractivity contribution in [1.29, 1.82) is 0 Å². The van der Waals surface area contributed by atoms with E-state index < -0.39 is 28.0 Å². The fraction of sp³-hybridized carbons (Fsp3) is 0.138. The molecule has 0 radical (unpaired) electrons. The summed E-state index contributed by atoms with van der Waals surface area (Å²) in [6.07, 6.45) is 0.465. The van der Waals surface area contributed by atoms with Gasteiger partial charge in [0.15, 0.2) is 0 Å². The lowest BCUT2D eigenvalue weighted by molar-refractivity contribution is -0.147. The van der Waals surface area contributed by atoms with Crippen LogP contribution < -0.4 is 9.92 Å². The second-order valence-corrected chi connectivity index (χ2v) is 9.89. The Hall–Kier alpha value is -3.94. The number of benzene rings is 4. The summed E-state index contributed by atoms with van der Waals surface area (Å²) < 4.78 is 36.0. The zero-order valence-electron chi connectivity index (χ0n) is 19.6. The number of nitrogens with two attached hydrogens (primary N) is 1. The molecule has 0 spiro atoms. The lowest BCUT2D eigenvalue weighted by atomic mass is 9.88. The Morgan fingerprint density at radius 1 is 0.722 bits per heavy atom. The van der Waals surface area contributed by atoms with Gasteiger partial charge in [-0.3, -0.25) is 4.79 Å². The lowest BCUT2D eigenvalue weighted by Gasteiger charge is -2.23. The van der Waals surface area contributed by atoms with E-state index in [0.717, 1.165) is 11.1 Å². The first-order valence-corrected chi connectivity index (χ1v) is 12.9. The van der Waals surface area contributed by atoms with E-state index in [1.807, 2.05) is 60.7 Å². The first-order chi connectivity index (χ1) is 17.4. The van der Waals surface area contributed by atoms with Crippen LogP contribution in [0.3, 0.4) is 0 Å². The quantitative estimate of drug-likeness (QED) is 0.247. The molecule has 6 nitrogen and oxygen atoms in total. The van der Waals surface area contributed by atoms with E-state index in [4.69, 9.17) is 14.7 Å². The minimum absolute atomic E-state index is 0.0568. The smallest absolute Gasteiger partial charge is 0.339 e. The van der Waals surface area contributed by atoms with Crippen LogP contribution in [0.4, 0.5) is 0 Å². The van der Waals surface area contributed by atoms with E-state index in [1.54, 1.807) is 30.3 Å². The fourth-order valence-electron chi connectivity index (χ4n) is 3.87. The van der Waals surface area contributed by atoms with E-state index in [1.165, 1.54) is 24.3 Å². The van der Waals surface area contributed by atoms with Crippen LogP contribution in [0, 0.1) is 0 Å². The molecule has 0 heterocycles. The van der Waals surface area contributed by atoms with Gasteiger partial charge >= 0.3 is 16.1 Å². The number of hydrogen-bond acceptors (Lipinski definition) is 6. The Labute approximate surface area is 211 Å². The van der Waals surface area contributed by atoms with E-state index in [2.05, 4.69) is 0 Å². The summed E-state index contributed by atoms with van der Waals surface area (Å²) in [5.74, 6) is -1.07. The predicted molar refractivity (Wildman–Crippen MR) is 138 cm³/mol. The van der Waals surface area contributed by atoms with Crippen molar-refractivity contribution < 1.29 is 22.1 Å². The Morgan fingerprint density at radius 2 is 1.25 bits per heavy atom. The summed E-state index contributed by atoms with van der Waals surface area (Å²) in [4.78, 5) is 13.3. The maximum absolute atomic E-state index is 13.2. The molecule has 2 N–H and O–H groups in total. The summed E-state index contributed by atoms with van der Waals surface area (Å²) >= 11 is 0. The van der Waals surface area contributed by atoms with Gasteiger partial charge in [0.1, 0.15) is 17.3 Å². The minimum atomic E-state index is -3.98. The normalized spacial score (nSPS) is 12.9. The van der Waals surface area contributed by atoms with Gasteiger partial charge in [-0.05, 0) is 47.4 Å². The van der Waals surface area contributed by atoms with Crippen molar-refractivity contribution in [3.8, 4) is 5.75 Å². The van der Waals surface area contributed by atoms with Crippen molar-refractivity contribution in [3.63, 3.8) is 0 Å². The highest BCUT2D eigenvalue weighted by atomic mass is 32.2. The number of carbonyl (C=O) groups excluding carboxylic acids is 1. The van der Waals surface area contributed by atoms with Gasteiger partial charge in [0.25, 0.3) is 0 Å². The molecule has 2 unspecified atom stereocenters. The molecule has 0 bridgehead atoms. The average Bonchev–Trinajstić information content (AvgIpc) is 2.90. The average molecular weight is 502 g/mol. The van der Waals surface area contributed by atoms with Crippen molar-refractivity contribution >= 4 is 16.1 Å². The van der Waals surface area contributed by atoms with Crippen molar-refractivity contribution in [2.45, 2.75) is 29.9 Å². The maximum Gasteiger partial charge on any atom is 0.339 e. The van der Waals surface area contributed by atoms with Gasteiger partial charge < -0.3 is 14.7 Å². The van der Waals surface area contributed by atoms with Gasteiger partial charge in [-0.2, -0.15) is 8.42 Å². The van der Waals surface area contributed by atoms with E-state index in [-0.39, 0.29) is 17.3 Å². The Balaban J connectivity index is 1.54. The van der Waals surface area contributed by atoms with E-state index >= 15 is 0 Å². The highest BCUT2D eigenvalue weighted by Crippen LogP contribution is 2.27. The van der Waals surface area contributed by atoms with Gasteiger partial charge in [0.05, 0.1) is 5.92 Å². The molecule has 0 fully saturated rings. The molecule has 2 atom stereocenters. The van der Waals surface area contributed by atoms with Crippen LogP contribution >= 0.6 is 0 Å². The van der Waals surface area contributed by atoms with Gasteiger partial charge in [0, 0.05) is 6.04 Å². The Morgan fingerprint density at radius 3 is 1.83 bits per heavy atom. The molecular formula is C29H27NO5S. The summed E-state index contributed by atoms with van der Waals surface area (Å²) in [7, 11) is -3.98. The minimum Gasteiger partial charge on any atom is -0.460 e. The number of esters is 1. The second-order valence-electron chi connectivity index (χ2n) is 8.34. The summed E-state index contributed by atoms with van der Waals surface area (Å²) in [5.41, 5.74) is 9.02. The predicted octanol–water partition coefficient (Wildman–Crippen LogP) is 4.85. The number of rotatable bonds is 10. The molecule has 184 valence electrons. The molecule has 4 rings (SSSR count). The van der Waals surface area contributed by atoms with Crippen molar-refractivity contribution in [1.82, 2.24) is 0 Å². The van der Waals surface area contributed by atoms with Crippen LogP contribution in [0.15, 0.2) is 120 Å². The SMILES string of the molecule is NC(Cc1ccccc1)C(C(=O)OCc1ccccc1)c1ccc(OS(=O)(=O)c2ccccc2)cc1. The maximum atomic E-state index is 13.2. The zero-order chi connectivity index (χ0) is 25.4. The fourth-order valence-corrected chi connectivity index (χ4v) is 4.82. The molecule has 0 aliphatic rings. The third kappa shape index (κ3) is 6.59. The molecule has 0 amide bonds. The molecule has 0 aliphatic carbocycles. The van der Waals surface area contributed by atoms with Crippen LogP contribution in [0.5, 0.6) is 5.75 Å². The van der Waals surface area contributed by atoms with Crippen LogP contribution in [-0.4, -0.2) is 20.4 Å². The zero-order valence-corrected chi connectivity index (χ0v) is 20.4. The standard InChI is InChI=1S/C29H27NO5S/c30-27(20-22-10-4-1-5-11-22)28(29(31)34-21-23-12-6-2-7-13-23)24-16-18-25(19-17-24)35-36(32,33)26-14-8-3-9-15-26/h1-19,27-28H,20-21,30H2. The van der Waals surface area contributed by atoms with Crippen LogP contribution in [0.1, 0.15) is 22.6 Å². The Bertz CT molecular complexity index is 1360. The topological polar surface area (TPSA) is 95.7 Å². The molecule has 0 aromatic heterocycles. The van der Waals surface area contributed by atoms with Gasteiger partial charge in [-0.1, -0.05) is 91.0 Å². The number of carbonyl (C=O) groups is 1. The summed E-state index contributed by atoms with van der Waals surface area (Å²) in [6, 6.07) is 32.8. The third-order valence-corrected chi connectivity index (χ3v) is 6.96. The van der Waals surface area contributed by atoms with E-state index in [0.29, 0.717) is 12.0 Å². The Kier molecular flexibility index (Phi) is 8.15. The van der Waals surface area contributed by atoms with Crippen LogP contribution in [-0.2, 0) is 32.7 Å². The molecule has 4 aromatic rings. The van der Waals surface area contributed by atoms with Gasteiger partial charge in [0.2, 0.25) is 0 Å². The van der Waals surface area contributed by atoms with Crippen LogP contribution in [0.2, 0.25) is 0 Å². The molecule has 0 saturated carbocycles.